The van der Waals surface area contributed by atoms with Crippen molar-refractivity contribution >= 4 is 0 Å². The van der Waals surface area contributed by atoms with Gasteiger partial charge in [-0.2, -0.15) is 26.3 Å². The molecule has 4 rings (SSSR count). The van der Waals surface area contributed by atoms with Gasteiger partial charge in [-0.1, -0.05) is 30.3 Å². The van der Waals surface area contributed by atoms with E-state index >= 15 is 0 Å². The summed E-state index contributed by atoms with van der Waals surface area (Å²) in [5, 5.41) is 7.73. The average molecular weight is 462 g/mol. The van der Waals surface area contributed by atoms with E-state index in [9.17, 15) is 26.3 Å². The molecule has 2 aromatic carbocycles. The van der Waals surface area contributed by atoms with Crippen LogP contribution in [0.15, 0.2) is 73.3 Å². The van der Waals surface area contributed by atoms with Gasteiger partial charge in [0.2, 0.25) is 0 Å². The number of aromatic nitrogens is 4. The molecule has 0 saturated heterocycles. The number of hydrogen-bond donors (Lipinski definition) is 0. The summed E-state index contributed by atoms with van der Waals surface area (Å²) in [5.74, 6) is 0.227. The maximum Gasteiger partial charge on any atom is 0.416 e. The molecule has 0 saturated carbocycles. The number of halogens is 6. The van der Waals surface area contributed by atoms with Crippen LogP contribution in [0.4, 0.5) is 26.3 Å². The van der Waals surface area contributed by atoms with Crippen LogP contribution in [0.25, 0.3) is 11.1 Å². The van der Waals surface area contributed by atoms with E-state index in [0.29, 0.717) is 12.1 Å². The maximum atomic E-state index is 13.2. The Kier molecular flexibility index (Phi) is 5.92. The molecule has 0 aliphatic carbocycles. The Labute approximate surface area is 184 Å². The Morgan fingerprint density at radius 1 is 0.818 bits per heavy atom. The molecule has 33 heavy (non-hydrogen) atoms. The largest absolute Gasteiger partial charge is 0.416 e. The second-order valence-corrected chi connectivity index (χ2v) is 7.36. The first kappa shape index (κ1) is 22.5. The Morgan fingerprint density at radius 2 is 1.48 bits per heavy atom. The number of alkyl halides is 6. The molecule has 0 unspecified atom stereocenters. The average Bonchev–Trinajstić information content (AvgIpc) is 3.20. The standard InChI is InChI=1S/C23H16F6N4/c24-22(25,26)18-8-15(9-19(11-18)23(27,28)29)10-21-32-31-14-33(21)13-17-12-30-7-6-20(17)16-4-2-1-3-5-16/h1-9,11-12,14H,10,13H2. The van der Waals surface area contributed by atoms with Crippen molar-refractivity contribution in [2.24, 2.45) is 0 Å². The molecule has 0 spiro atoms. The van der Waals surface area contributed by atoms with Crippen molar-refractivity contribution in [1.29, 1.82) is 0 Å². The predicted octanol–water partition coefficient (Wildman–Crippen LogP) is 6.02. The van der Waals surface area contributed by atoms with Crippen LogP contribution >= 0.6 is 0 Å². The highest BCUT2D eigenvalue weighted by Crippen LogP contribution is 2.36. The summed E-state index contributed by atoms with van der Waals surface area (Å²) in [6.45, 7) is 0.242. The van der Waals surface area contributed by atoms with Crippen LogP contribution in [0, 0.1) is 0 Å². The lowest BCUT2D eigenvalue weighted by Crippen LogP contribution is -2.13. The lowest BCUT2D eigenvalue weighted by Gasteiger charge is -2.15. The van der Waals surface area contributed by atoms with Gasteiger partial charge in [0.25, 0.3) is 0 Å². The Bertz CT molecular complexity index is 1210. The van der Waals surface area contributed by atoms with Crippen LogP contribution in [0.3, 0.4) is 0 Å². The van der Waals surface area contributed by atoms with E-state index in [1.54, 1.807) is 17.0 Å². The molecule has 0 bridgehead atoms. The molecule has 2 aromatic heterocycles. The van der Waals surface area contributed by atoms with Crippen molar-refractivity contribution in [3.05, 3.63) is 101 Å². The SMILES string of the molecule is FC(F)(F)c1cc(Cc2nncn2Cc2cnccc2-c2ccccc2)cc(C(F)(F)F)c1. The van der Waals surface area contributed by atoms with E-state index in [1.165, 1.54) is 6.33 Å². The third kappa shape index (κ3) is 5.21. The van der Waals surface area contributed by atoms with E-state index in [2.05, 4.69) is 15.2 Å². The van der Waals surface area contributed by atoms with E-state index < -0.39 is 23.5 Å². The van der Waals surface area contributed by atoms with Gasteiger partial charge in [-0.05, 0) is 46.5 Å². The molecule has 0 N–H and O–H groups in total. The van der Waals surface area contributed by atoms with Crippen molar-refractivity contribution in [1.82, 2.24) is 19.7 Å². The van der Waals surface area contributed by atoms with Gasteiger partial charge in [-0.3, -0.25) is 4.98 Å². The number of nitrogens with zero attached hydrogens (tertiary/aromatic N) is 4. The first-order valence-corrected chi connectivity index (χ1v) is 9.74. The van der Waals surface area contributed by atoms with E-state index in [1.807, 2.05) is 36.4 Å². The lowest BCUT2D eigenvalue weighted by molar-refractivity contribution is -0.143. The van der Waals surface area contributed by atoms with E-state index in [4.69, 9.17) is 0 Å². The minimum atomic E-state index is -4.91. The topological polar surface area (TPSA) is 43.6 Å². The molecule has 4 nitrogen and oxygen atoms in total. The van der Waals surface area contributed by atoms with Crippen LogP contribution in [0.5, 0.6) is 0 Å². The third-order valence-electron chi connectivity index (χ3n) is 5.03. The Morgan fingerprint density at radius 3 is 2.12 bits per heavy atom. The Balaban J connectivity index is 1.67. The van der Waals surface area contributed by atoms with Gasteiger partial charge in [0.1, 0.15) is 12.2 Å². The highest BCUT2D eigenvalue weighted by Gasteiger charge is 2.37. The molecule has 10 heteroatoms. The molecule has 0 aliphatic heterocycles. The summed E-state index contributed by atoms with van der Waals surface area (Å²) >= 11 is 0. The quantitative estimate of drug-likeness (QED) is 0.341. The first-order chi connectivity index (χ1) is 15.6. The first-order valence-electron chi connectivity index (χ1n) is 9.74. The molecule has 170 valence electrons. The molecule has 4 aromatic rings. The smallest absolute Gasteiger partial charge is 0.313 e. The van der Waals surface area contributed by atoms with E-state index in [-0.39, 0.29) is 30.4 Å². The van der Waals surface area contributed by atoms with Crippen LogP contribution in [0.1, 0.15) is 28.1 Å². The monoisotopic (exact) mass is 462 g/mol. The fourth-order valence-electron chi connectivity index (χ4n) is 3.49. The molecular weight excluding hydrogens is 446 g/mol. The molecule has 2 heterocycles. The van der Waals surface area contributed by atoms with Crippen LogP contribution < -0.4 is 0 Å². The number of benzene rings is 2. The number of hydrogen-bond acceptors (Lipinski definition) is 3. The highest BCUT2D eigenvalue weighted by molar-refractivity contribution is 5.66. The zero-order valence-electron chi connectivity index (χ0n) is 16.9. The molecule has 0 amide bonds. The minimum Gasteiger partial charge on any atom is -0.313 e. The van der Waals surface area contributed by atoms with Gasteiger partial charge < -0.3 is 4.57 Å². The number of pyridine rings is 1. The zero-order chi connectivity index (χ0) is 23.6. The second-order valence-electron chi connectivity index (χ2n) is 7.36. The van der Waals surface area contributed by atoms with Gasteiger partial charge in [0.05, 0.1) is 17.7 Å². The molecular formula is C23H16F6N4. The number of rotatable bonds is 5. The summed E-state index contributed by atoms with van der Waals surface area (Å²) in [7, 11) is 0. The van der Waals surface area contributed by atoms with Crippen molar-refractivity contribution in [2.75, 3.05) is 0 Å². The van der Waals surface area contributed by atoms with Gasteiger partial charge >= 0.3 is 12.4 Å². The van der Waals surface area contributed by atoms with Gasteiger partial charge in [0, 0.05) is 18.8 Å². The third-order valence-corrected chi connectivity index (χ3v) is 5.03. The fourth-order valence-corrected chi connectivity index (χ4v) is 3.49. The summed E-state index contributed by atoms with van der Waals surface area (Å²) in [6, 6.07) is 12.8. The molecule has 0 radical (unpaired) electrons. The van der Waals surface area contributed by atoms with Crippen LogP contribution in [-0.4, -0.2) is 19.7 Å². The lowest BCUT2D eigenvalue weighted by atomic mass is 10.0. The molecule has 0 atom stereocenters. The molecule has 0 fully saturated rings. The molecule has 0 aliphatic rings. The van der Waals surface area contributed by atoms with Crippen molar-refractivity contribution < 1.29 is 26.3 Å². The minimum absolute atomic E-state index is 0.107. The fraction of sp³-hybridized carbons (Fsp3) is 0.174. The maximum absolute atomic E-state index is 13.2. The normalized spacial score (nSPS) is 12.2. The zero-order valence-corrected chi connectivity index (χ0v) is 16.9. The van der Waals surface area contributed by atoms with Gasteiger partial charge in [-0.15, -0.1) is 10.2 Å². The summed E-state index contributed by atoms with van der Waals surface area (Å²) < 4.78 is 80.7. The van der Waals surface area contributed by atoms with Crippen molar-refractivity contribution in [3.8, 4) is 11.1 Å². The highest BCUT2D eigenvalue weighted by atomic mass is 19.4. The van der Waals surface area contributed by atoms with Crippen LogP contribution in [0.2, 0.25) is 0 Å². The van der Waals surface area contributed by atoms with Crippen molar-refractivity contribution in [2.45, 2.75) is 25.3 Å². The Hall–Kier alpha value is -3.69. The van der Waals surface area contributed by atoms with Gasteiger partial charge in [-0.25, -0.2) is 0 Å². The van der Waals surface area contributed by atoms with E-state index in [0.717, 1.165) is 16.7 Å². The van der Waals surface area contributed by atoms with Crippen molar-refractivity contribution in [3.63, 3.8) is 0 Å². The van der Waals surface area contributed by atoms with Gasteiger partial charge in [0.15, 0.2) is 0 Å². The second kappa shape index (κ2) is 8.68. The summed E-state index contributed by atoms with van der Waals surface area (Å²) in [6.07, 6.45) is -5.41. The van der Waals surface area contributed by atoms with Crippen LogP contribution in [-0.2, 0) is 25.3 Å². The predicted molar refractivity (Wildman–Crippen MR) is 108 cm³/mol. The summed E-state index contributed by atoms with van der Waals surface area (Å²) in [4.78, 5) is 4.14. The summed E-state index contributed by atoms with van der Waals surface area (Å²) in [5.41, 5.74) is -0.263.